The minimum atomic E-state index is 0.862. The molecule has 0 aliphatic carbocycles. The second-order valence-corrected chi connectivity index (χ2v) is 16.0. The number of hydrogen-bond donors (Lipinski definition) is 0. The summed E-state index contributed by atoms with van der Waals surface area (Å²) in [5.74, 6) is 0. The summed E-state index contributed by atoms with van der Waals surface area (Å²) in [6, 6.07) is 85.3. The van der Waals surface area contributed by atoms with Gasteiger partial charge >= 0.3 is 0 Å². The fourth-order valence-corrected chi connectivity index (χ4v) is 9.56. The molecular formula is C60H39NO. The quantitative estimate of drug-likeness (QED) is 0.150. The number of rotatable bonds is 7. The van der Waals surface area contributed by atoms with Crippen molar-refractivity contribution in [1.82, 2.24) is 0 Å². The van der Waals surface area contributed by atoms with Gasteiger partial charge in [0, 0.05) is 22.1 Å². The Balaban J connectivity index is 1.03. The zero-order valence-electron chi connectivity index (χ0n) is 33.9. The highest BCUT2D eigenvalue weighted by molar-refractivity contribution is 6.22. The molecule has 2 nitrogen and oxygen atoms in total. The van der Waals surface area contributed by atoms with E-state index in [0.717, 1.165) is 49.8 Å². The van der Waals surface area contributed by atoms with E-state index < -0.39 is 0 Å². The van der Waals surface area contributed by atoms with Gasteiger partial charge in [0.2, 0.25) is 0 Å². The van der Waals surface area contributed by atoms with Gasteiger partial charge in [-0.05, 0) is 114 Å². The monoisotopic (exact) mass is 789 g/mol. The average molecular weight is 790 g/mol. The van der Waals surface area contributed by atoms with Gasteiger partial charge in [0.1, 0.15) is 11.2 Å². The molecule has 62 heavy (non-hydrogen) atoms. The Labute approximate surface area is 360 Å². The Kier molecular flexibility index (Phi) is 8.53. The summed E-state index contributed by atoms with van der Waals surface area (Å²) < 4.78 is 6.73. The number of benzene rings is 11. The predicted octanol–water partition coefficient (Wildman–Crippen LogP) is 17.2. The van der Waals surface area contributed by atoms with E-state index in [-0.39, 0.29) is 0 Å². The summed E-state index contributed by atoms with van der Waals surface area (Å²) >= 11 is 0. The van der Waals surface area contributed by atoms with E-state index in [9.17, 15) is 0 Å². The van der Waals surface area contributed by atoms with Crippen molar-refractivity contribution < 1.29 is 4.42 Å². The van der Waals surface area contributed by atoms with Crippen molar-refractivity contribution in [1.29, 1.82) is 0 Å². The molecule has 290 valence electrons. The second kappa shape index (κ2) is 14.8. The Morgan fingerprint density at radius 2 is 0.710 bits per heavy atom. The summed E-state index contributed by atoms with van der Waals surface area (Å²) in [5, 5.41) is 9.47. The Morgan fingerprint density at radius 3 is 1.29 bits per heavy atom. The lowest BCUT2D eigenvalue weighted by atomic mass is 9.85. The molecule has 0 unspecified atom stereocenters. The molecule has 0 atom stereocenters. The molecule has 0 fully saturated rings. The van der Waals surface area contributed by atoms with Crippen molar-refractivity contribution in [3.8, 4) is 44.5 Å². The van der Waals surface area contributed by atoms with E-state index in [2.05, 4.69) is 241 Å². The molecule has 0 radical (unpaired) electrons. The smallest absolute Gasteiger partial charge is 0.143 e. The van der Waals surface area contributed by atoms with E-state index in [0.29, 0.717) is 0 Å². The molecule has 1 heterocycles. The van der Waals surface area contributed by atoms with Gasteiger partial charge < -0.3 is 9.32 Å². The van der Waals surface area contributed by atoms with Crippen molar-refractivity contribution in [2.75, 3.05) is 4.90 Å². The highest BCUT2D eigenvalue weighted by atomic mass is 16.3. The van der Waals surface area contributed by atoms with Crippen molar-refractivity contribution >= 4 is 71.3 Å². The maximum Gasteiger partial charge on any atom is 0.143 e. The van der Waals surface area contributed by atoms with Gasteiger partial charge in [-0.1, -0.05) is 194 Å². The van der Waals surface area contributed by atoms with Crippen LogP contribution in [0.5, 0.6) is 0 Å². The van der Waals surface area contributed by atoms with Gasteiger partial charge in [-0.3, -0.25) is 0 Å². The van der Waals surface area contributed by atoms with Crippen molar-refractivity contribution in [3.63, 3.8) is 0 Å². The third-order valence-corrected chi connectivity index (χ3v) is 12.5. The lowest BCUT2D eigenvalue weighted by molar-refractivity contribution is 0.672. The van der Waals surface area contributed by atoms with Gasteiger partial charge in [0.25, 0.3) is 0 Å². The first-order chi connectivity index (χ1) is 30.8. The average Bonchev–Trinajstić information content (AvgIpc) is 3.75. The van der Waals surface area contributed by atoms with Crippen LogP contribution in [0.2, 0.25) is 0 Å². The second-order valence-electron chi connectivity index (χ2n) is 16.0. The van der Waals surface area contributed by atoms with Gasteiger partial charge in [0.05, 0.1) is 11.1 Å². The molecule has 0 saturated carbocycles. The lowest BCUT2D eigenvalue weighted by Gasteiger charge is -2.27. The SMILES string of the molecule is c1ccc(-c2ccc(-c3ccc(N(c4ccc(-c5c(-c6ccccc6)c6ccccc6c6ccccc56)cc4)c4cccc5oc6c7ccccc7ccc6c45)cc3)cc2)cc1. The molecule has 0 bridgehead atoms. The fraction of sp³-hybridized carbons (Fsp3) is 0. The van der Waals surface area contributed by atoms with Crippen LogP contribution < -0.4 is 4.90 Å². The van der Waals surface area contributed by atoms with Crippen LogP contribution in [0.15, 0.2) is 241 Å². The van der Waals surface area contributed by atoms with Crippen molar-refractivity contribution in [2.24, 2.45) is 0 Å². The molecule has 0 aliphatic heterocycles. The van der Waals surface area contributed by atoms with Crippen LogP contribution in [0.25, 0.3) is 98.8 Å². The number of nitrogens with zero attached hydrogens (tertiary/aromatic N) is 1. The normalized spacial score (nSPS) is 11.5. The van der Waals surface area contributed by atoms with Crippen LogP contribution in [0.3, 0.4) is 0 Å². The zero-order chi connectivity index (χ0) is 41.0. The van der Waals surface area contributed by atoms with Crippen molar-refractivity contribution in [3.05, 3.63) is 237 Å². The van der Waals surface area contributed by atoms with E-state index >= 15 is 0 Å². The van der Waals surface area contributed by atoms with Gasteiger partial charge in [0.15, 0.2) is 0 Å². The van der Waals surface area contributed by atoms with Crippen molar-refractivity contribution in [2.45, 2.75) is 0 Å². The molecule has 12 rings (SSSR count). The first kappa shape index (κ1) is 35.7. The topological polar surface area (TPSA) is 16.4 Å². The highest BCUT2D eigenvalue weighted by Crippen LogP contribution is 2.47. The molecule has 1 aromatic heterocycles. The molecule has 0 amide bonds. The summed E-state index contributed by atoms with van der Waals surface area (Å²) in [7, 11) is 0. The Hall–Kier alpha value is -8.20. The van der Waals surface area contributed by atoms with Crippen LogP contribution in [-0.2, 0) is 0 Å². The Bertz CT molecular complexity index is 3590. The van der Waals surface area contributed by atoms with E-state index in [4.69, 9.17) is 4.42 Å². The lowest BCUT2D eigenvalue weighted by Crippen LogP contribution is -2.10. The van der Waals surface area contributed by atoms with E-state index in [1.54, 1.807) is 0 Å². The number of furan rings is 1. The first-order valence-electron chi connectivity index (χ1n) is 21.3. The molecule has 11 aromatic carbocycles. The van der Waals surface area contributed by atoms with Crippen LogP contribution in [0.1, 0.15) is 0 Å². The van der Waals surface area contributed by atoms with Crippen LogP contribution in [0, 0.1) is 0 Å². The molecule has 0 aliphatic rings. The number of hydrogen-bond acceptors (Lipinski definition) is 2. The molecule has 2 heteroatoms. The minimum absolute atomic E-state index is 0.862. The summed E-state index contributed by atoms with van der Waals surface area (Å²) in [6.07, 6.45) is 0. The molecule has 12 aromatic rings. The third kappa shape index (κ3) is 5.96. The minimum Gasteiger partial charge on any atom is -0.455 e. The maximum atomic E-state index is 6.73. The van der Waals surface area contributed by atoms with E-state index in [1.807, 2.05) is 0 Å². The molecule has 0 saturated heterocycles. The molecular weight excluding hydrogens is 751 g/mol. The van der Waals surface area contributed by atoms with E-state index in [1.165, 1.54) is 66.1 Å². The maximum absolute atomic E-state index is 6.73. The Morgan fingerprint density at radius 1 is 0.274 bits per heavy atom. The fourth-order valence-electron chi connectivity index (χ4n) is 9.56. The van der Waals surface area contributed by atoms with Crippen LogP contribution in [0.4, 0.5) is 17.1 Å². The van der Waals surface area contributed by atoms with Crippen LogP contribution in [-0.4, -0.2) is 0 Å². The van der Waals surface area contributed by atoms with Crippen LogP contribution >= 0.6 is 0 Å². The molecule has 0 N–H and O–H groups in total. The zero-order valence-corrected chi connectivity index (χ0v) is 33.9. The predicted molar refractivity (Wildman–Crippen MR) is 263 cm³/mol. The van der Waals surface area contributed by atoms with Gasteiger partial charge in [-0.15, -0.1) is 0 Å². The summed E-state index contributed by atoms with van der Waals surface area (Å²) in [5.41, 5.74) is 14.6. The highest BCUT2D eigenvalue weighted by Gasteiger charge is 2.22. The van der Waals surface area contributed by atoms with Gasteiger partial charge in [-0.25, -0.2) is 0 Å². The first-order valence-corrected chi connectivity index (χ1v) is 21.3. The van der Waals surface area contributed by atoms with Gasteiger partial charge in [-0.2, -0.15) is 0 Å². The largest absolute Gasteiger partial charge is 0.455 e. The summed E-state index contributed by atoms with van der Waals surface area (Å²) in [4.78, 5) is 2.38. The number of fused-ring (bicyclic) bond motifs is 8. The number of anilines is 3. The molecule has 0 spiro atoms. The summed E-state index contributed by atoms with van der Waals surface area (Å²) in [6.45, 7) is 0. The third-order valence-electron chi connectivity index (χ3n) is 12.5. The standard InChI is InChI=1S/C60H39NO/c1-3-14-40(15-4-1)41-26-28-42(29-27-41)43-30-35-47(36-31-43)61(55-24-13-25-56-59(55)54-39-34-44-16-7-8-19-49(44)60(54)62-56)48-37-32-46(33-38-48)58-53-23-12-10-21-51(53)50-20-9-11-22-52(50)57(58)45-17-5-2-6-18-45/h1-39H.